The third kappa shape index (κ3) is 3.61. The summed E-state index contributed by atoms with van der Waals surface area (Å²) in [6.07, 6.45) is 1.73. The van der Waals surface area contributed by atoms with Crippen LogP contribution in [0.5, 0.6) is 0 Å². The topological polar surface area (TPSA) is 46.9 Å². The van der Waals surface area contributed by atoms with E-state index in [1.54, 1.807) is 22.9 Å². The molecule has 1 heterocycles. The summed E-state index contributed by atoms with van der Waals surface area (Å²) in [4.78, 5) is 12.0. The Kier molecular flexibility index (Phi) is 4.79. The van der Waals surface area contributed by atoms with Gasteiger partial charge in [0.1, 0.15) is 6.54 Å². The molecule has 1 aromatic heterocycles. The largest absolute Gasteiger partial charge is 0.324 e. The van der Waals surface area contributed by atoms with Gasteiger partial charge < -0.3 is 5.32 Å². The maximum absolute atomic E-state index is 12.0. The highest BCUT2D eigenvalue weighted by molar-refractivity contribution is 6.30. The van der Waals surface area contributed by atoms with E-state index < -0.39 is 0 Å². The molecule has 0 spiro atoms. The Labute approximate surface area is 123 Å². The SMILES string of the molecule is CCc1cc(CC)n(CC(=O)Nc2cccc(Cl)c2)n1. The summed E-state index contributed by atoms with van der Waals surface area (Å²) < 4.78 is 1.76. The number of nitrogens with zero attached hydrogens (tertiary/aromatic N) is 2. The van der Waals surface area contributed by atoms with Crippen LogP contribution < -0.4 is 5.32 Å². The van der Waals surface area contributed by atoms with Crippen molar-refractivity contribution in [2.75, 3.05) is 5.32 Å². The molecule has 0 radical (unpaired) electrons. The number of anilines is 1. The zero-order valence-electron chi connectivity index (χ0n) is 11.7. The van der Waals surface area contributed by atoms with Gasteiger partial charge in [0.25, 0.3) is 0 Å². The molecule has 2 rings (SSSR count). The minimum absolute atomic E-state index is 0.104. The van der Waals surface area contributed by atoms with Crippen LogP contribution in [0.1, 0.15) is 25.2 Å². The molecule has 1 N–H and O–H groups in total. The van der Waals surface area contributed by atoms with Gasteiger partial charge in [-0.2, -0.15) is 5.10 Å². The number of nitrogens with one attached hydrogen (secondary N) is 1. The van der Waals surface area contributed by atoms with Gasteiger partial charge in [0.2, 0.25) is 5.91 Å². The van der Waals surface area contributed by atoms with E-state index in [0.29, 0.717) is 10.7 Å². The molecule has 0 aliphatic heterocycles. The molecule has 0 unspecified atom stereocenters. The number of carbonyl (C=O) groups excluding carboxylic acids is 1. The van der Waals surface area contributed by atoms with Gasteiger partial charge in [-0.25, -0.2) is 0 Å². The van der Waals surface area contributed by atoms with Gasteiger partial charge in [-0.05, 0) is 37.1 Å². The van der Waals surface area contributed by atoms with Crippen LogP contribution in [0.3, 0.4) is 0 Å². The Hall–Kier alpha value is -1.81. The van der Waals surface area contributed by atoms with Crippen LogP contribution >= 0.6 is 11.6 Å². The fourth-order valence-electron chi connectivity index (χ4n) is 2.01. The van der Waals surface area contributed by atoms with Crippen molar-refractivity contribution in [2.24, 2.45) is 0 Å². The summed E-state index contributed by atoms with van der Waals surface area (Å²) >= 11 is 5.89. The lowest BCUT2D eigenvalue weighted by Gasteiger charge is -2.07. The van der Waals surface area contributed by atoms with Gasteiger partial charge in [-0.1, -0.05) is 31.5 Å². The third-order valence-electron chi connectivity index (χ3n) is 3.04. The highest BCUT2D eigenvalue weighted by atomic mass is 35.5. The molecule has 0 aliphatic rings. The van der Waals surface area contributed by atoms with Crippen LogP contribution in [-0.4, -0.2) is 15.7 Å². The second-order valence-corrected chi connectivity index (χ2v) is 4.99. The van der Waals surface area contributed by atoms with Crippen LogP contribution in [0.2, 0.25) is 5.02 Å². The Bertz CT molecular complexity index is 607. The fraction of sp³-hybridized carbons (Fsp3) is 0.333. The normalized spacial score (nSPS) is 10.6. The first kappa shape index (κ1) is 14.6. The van der Waals surface area contributed by atoms with E-state index >= 15 is 0 Å². The van der Waals surface area contributed by atoms with Crippen molar-refractivity contribution >= 4 is 23.2 Å². The zero-order valence-corrected chi connectivity index (χ0v) is 12.4. The number of halogens is 1. The Morgan fingerprint density at radius 2 is 2.10 bits per heavy atom. The van der Waals surface area contributed by atoms with Crippen molar-refractivity contribution in [3.63, 3.8) is 0 Å². The van der Waals surface area contributed by atoms with Crippen LogP contribution in [0.25, 0.3) is 0 Å². The van der Waals surface area contributed by atoms with Gasteiger partial charge in [0.05, 0.1) is 5.69 Å². The smallest absolute Gasteiger partial charge is 0.246 e. The van der Waals surface area contributed by atoms with Gasteiger partial charge in [0, 0.05) is 16.4 Å². The summed E-state index contributed by atoms with van der Waals surface area (Å²) in [5.74, 6) is -0.104. The molecule has 2 aromatic rings. The average Bonchev–Trinajstić information content (AvgIpc) is 2.80. The number of carbonyl (C=O) groups is 1. The standard InChI is InChI=1S/C15H18ClN3O/c1-3-12-9-14(4-2)19(18-12)10-15(20)17-13-7-5-6-11(16)8-13/h5-9H,3-4,10H2,1-2H3,(H,17,20). The van der Waals surface area contributed by atoms with E-state index in [1.807, 2.05) is 12.1 Å². The van der Waals surface area contributed by atoms with E-state index in [-0.39, 0.29) is 12.5 Å². The number of amides is 1. The predicted molar refractivity (Wildman–Crippen MR) is 81.1 cm³/mol. The van der Waals surface area contributed by atoms with Crippen LogP contribution in [0.15, 0.2) is 30.3 Å². The molecular formula is C15H18ClN3O. The molecule has 0 bridgehead atoms. The highest BCUT2D eigenvalue weighted by Crippen LogP contribution is 2.15. The molecule has 1 aromatic carbocycles. The van der Waals surface area contributed by atoms with Gasteiger partial charge in [-0.15, -0.1) is 0 Å². The molecule has 106 valence electrons. The zero-order chi connectivity index (χ0) is 14.5. The monoisotopic (exact) mass is 291 g/mol. The summed E-state index contributed by atoms with van der Waals surface area (Å²) in [5.41, 5.74) is 2.78. The number of aryl methyl sites for hydroxylation is 2. The van der Waals surface area contributed by atoms with E-state index in [4.69, 9.17) is 11.6 Å². The molecule has 5 heteroatoms. The van der Waals surface area contributed by atoms with Gasteiger partial charge in [0.15, 0.2) is 0 Å². The summed E-state index contributed by atoms with van der Waals surface area (Å²) in [7, 11) is 0. The lowest BCUT2D eigenvalue weighted by molar-refractivity contribution is -0.116. The maximum atomic E-state index is 12.0. The number of aromatic nitrogens is 2. The molecule has 0 aliphatic carbocycles. The maximum Gasteiger partial charge on any atom is 0.246 e. The Balaban J connectivity index is 2.06. The second-order valence-electron chi connectivity index (χ2n) is 4.55. The molecule has 0 atom stereocenters. The average molecular weight is 292 g/mol. The first-order valence-electron chi connectivity index (χ1n) is 6.73. The Morgan fingerprint density at radius 1 is 1.30 bits per heavy atom. The molecule has 0 saturated carbocycles. The minimum Gasteiger partial charge on any atom is -0.324 e. The van der Waals surface area contributed by atoms with Crippen molar-refractivity contribution in [3.05, 3.63) is 46.7 Å². The van der Waals surface area contributed by atoms with Gasteiger partial charge >= 0.3 is 0 Å². The summed E-state index contributed by atoms with van der Waals surface area (Å²) in [6, 6.07) is 9.16. The van der Waals surface area contributed by atoms with Crippen molar-refractivity contribution < 1.29 is 4.79 Å². The lowest BCUT2D eigenvalue weighted by Crippen LogP contribution is -2.20. The molecular weight excluding hydrogens is 274 g/mol. The number of hydrogen-bond acceptors (Lipinski definition) is 2. The van der Waals surface area contributed by atoms with Crippen molar-refractivity contribution in [1.29, 1.82) is 0 Å². The van der Waals surface area contributed by atoms with Gasteiger partial charge in [-0.3, -0.25) is 9.48 Å². The van der Waals surface area contributed by atoms with Crippen LogP contribution in [0.4, 0.5) is 5.69 Å². The van der Waals surface area contributed by atoms with Crippen LogP contribution in [-0.2, 0) is 24.2 Å². The Morgan fingerprint density at radius 3 is 2.75 bits per heavy atom. The molecule has 1 amide bonds. The molecule has 0 fully saturated rings. The van der Waals surface area contributed by atoms with E-state index in [0.717, 1.165) is 24.2 Å². The number of rotatable bonds is 5. The van der Waals surface area contributed by atoms with Crippen molar-refractivity contribution in [3.8, 4) is 0 Å². The first-order valence-corrected chi connectivity index (χ1v) is 7.11. The van der Waals surface area contributed by atoms with E-state index in [9.17, 15) is 4.79 Å². The van der Waals surface area contributed by atoms with E-state index in [1.165, 1.54) is 0 Å². The highest BCUT2D eigenvalue weighted by Gasteiger charge is 2.10. The minimum atomic E-state index is -0.104. The van der Waals surface area contributed by atoms with Crippen LogP contribution in [0, 0.1) is 0 Å². The fourth-order valence-corrected chi connectivity index (χ4v) is 2.20. The van der Waals surface area contributed by atoms with Crippen molar-refractivity contribution in [2.45, 2.75) is 33.2 Å². The molecule has 20 heavy (non-hydrogen) atoms. The quantitative estimate of drug-likeness (QED) is 0.919. The molecule has 0 saturated heterocycles. The second kappa shape index (κ2) is 6.57. The summed E-state index contributed by atoms with van der Waals surface area (Å²) in [5, 5.41) is 7.86. The van der Waals surface area contributed by atoms with Crippen molar-refractivity contribution in [1.82, 2.24) is 9.78 Å². The first-order chi connectivity index (χ1) is 9.62. The number of benzene rings is 1. The summed E-state index contributed by atoms with van der Waals surface area (Å²) in [6.45, 7) is 4.33. The molecule has 4 nitrogen and oxygen atoms in total. The predicted octanol–water partition coefficient (Wildman–Crippen LogP) is 3.30. The number of hydrogen-bond donors (Lipinski definition) is 1. The third-order valence-corrected chi connectivity index (χ3v) is 3.28. The lowest BCUT2D eigenvalue weighted by atomic mass is 10.2. The van der Waals surface area contributed by atoms with E-state index in [2.05, 4.69) is 24.3 Å².